The summed E-state index contributed by atoms with van der Waals surface area (Å²) < 4.78 is 4.65. The minimum atomic E-state index is -0.327. The first-order chi connectivity index (χ1) is 13.2. The maximum Gasteiger partial charge on any atom is 0.330 e. The van der Waals surface area contributed by atoms with Gasteiger partial charge in [0.05, 0.1) is 7.11 Å². The van der Waals surface area contributed by atoms with E-state index >= 15 is 0 Å². The number of halogens is 1. The highest BCUT2D eigenvalue weighted by atomic mass is 35.5. The van der Waals surface area contributed by atoms with Crippen molar-refractivity contribution in [3.8, 4) is 0 Å². The van der Waals surface area contributed by atoms with Gasteiger partial charge in [-0.3, -0.25) is 0 Å². The maximum atomic E-state index is 11.2. The Hall–Kier alpha value is -2.56. The van der Waals surface area contributed by atoms with Gasteiger partial charge in [-0.15, -0.1) is 12.4 Å². The SMILES string of the molecule is COC(=O)/C=C/c1ccc2c(c1)CCC2NCCc1c[nH]c2ccccc12.Cl. The van der Waals surface area contributed by atoms with E-state index in [4.69, 9.17) is 0 Å². The van der Waals surface area contributed by atoms with Crippen LogP contribution in [0.3, 0.4) is 0 Å². The molecule has 1 atom stereocenters. The lowest BCUT2D eigenvalue weighted by atomic mass is 10.0. The van der Waals surface area contributed by atoms with Crippen molar-refractivity contribution in [1.82, 2.24) is 10.3 Å². The molecule has 1 unspecified atom stereocenters. The quantitative estimate of drug-likeness (QED) is 0.473. The van der Waals surface area contributed by atoms with E-state index in [1.54, 1.807) is 0 Å². The Labute approximate surface area is 171 Å². The van der Waals surface area contributed by atoms with E-state index in [9.17, 15) is 4.79 Å². The Balaban J connectivity index is 0.00000225. The highest BCUT2D eigenvalue weighted by Crippen LogP contribution is 2.32. The average Bonchev–Trinajstić information content (AvgIpc) is 3.30. The molecule has 2 aromatic carbocycles. The molecule has 4 nitrogen and oxygen atoms in total. The molecule has 0 fully saturated rings. The van der Waals surface area contributed by atoms with Crippen molar-refractivity contribution in [3.05, 3.63) is 77.0 Å². The molecule has 3 aromatic rings. The van der Waals surface area contributed by atoms with E-state index < -0.39 is 0 Å². The molecular formula is C23H25ClN2O2. The normalized spacial score (nSPS) is 15.5. The van der Waals surface area contributed by atoms with Crippen LogP contribution in [-0.2, 0) is 22.4 Å². The van der Waals surface area contributed by atoms with Gasteiger partial charge >= 0.3 is 5.97 Å². The minimum absolute atomic E-state index is 0. The molecule has 0 bridgehead atoms. The molecule has 146 valence electrons. The molecule has 4 rings (SSSR count). The zero-order valence-electron chi connectivity index (χ0n) is 15.9. The molecule has 0 amide bonds. The molecule has 0 saturated heterocycles. The second-order valence-electron chi connectivity index (χ2n) is 6.97. The van der Waals surface area contributed by atoms with Crippen molar-refractivity contribution < 1.29 is 9.53 Å². The summed E-state index contributed by atoms with van der Waals surface area (Å²) in [5.74, 6) is -0.327. The van der Waals surface area contributed by atoms with Crippen molar-refractivity contribution >= 4 is 35.4 Å². The Morgan fingerprint density at radius 2 is 2.14 bits per heavy atom. The third-order valence-electron chi connectivity index (χ3n) is 5.32. The zero-order valence-corrected chi connectivity index (χ0v) is 16.7. The van der Waals surface area contributed by atoms with E-state index in [-0.39, 0.29) is 18.4 Å². The number of para-hydroxylation sites is 1. The zero-order chi connectivity index (χ0) is 18.6. The van der Waals surface area contributed by atoms with Crippen LogP contribution in [0.25, 0.3) is 17.0 Å². The summed E-state index contributed by atoms with van der Waals surface area (Å²) in [6.45, 7) is 0.954. The van der Waals surface area contributed by atoms with Crippen LogP contribution >= 0.6 is 12.4 Å². The van der Waals surface area contributed by atoms with Crippen LogP contribution in [0.15, 0.2) is 54.7 Å². The van der Waals surface area contributed by atoms with Crippen LogP contribution in [0.1, 0.15) is 34.7 Å². The van der Waals surface area contributed by atoms with Crippen LogP contribution in [0, 0.1) is 0 Å². The first-order valence-corrected chi connectivity index (χ1v) is 9.42. The van der Waals surface area contributed by atoms with Crippen LogP contribution in [0.4, 0.5) is 0 Å². The van der Waals surface area contributed by atoms with Crippen LogP contribution in [0.2, 0.25) is 0 Å². The molecule has 1 aromatic heterocycles. The van der Waals surface area contributed by atoms with E-state index in [1.807, 2.05) is 6.08 Å². The van der Waals surface area contributed by atoms with Gasteiger partial charge in [0, 0.05) is 29.2 Å². The summed E-state index contributed by atoms with van der Waals surface area (Å²) in [5.41, 5.74) is 6.35. The lowest BCUT2D eigenvalue weighted by Gasteiger charge is -2.14. The van der Waals surface area contributed by atoms with Crippen LogP contribution in [-0.4, -0.2) is 24.6 Å². The summed E-state index contributed by atoms with van der Waals surface area (Å²) in [6, 6.07) is 15.3. The molecule has 5 heteroatoms. The monoisotopic (exact) mass is 396 g/mol. The average molecular weight is 397 g/mol. The van der Waals surface area contributed by atoms with E-state index in [0.717, 1.165) is 31.4 Å². The van der Waals surface area contributed by atoms with Gasteiger partial charge in [-0.25, -0.2) is 4.79 Å². The number of carbonyl (C=O) groups excluding carboxylic acids is 1. The third kappa shape index (κ3) is 4.29. The summed E-state index contributed by atoms with van der Waals surface area (Å²) >= 11 is 0. The first kappa shape index (κ1) is 20.2. The predicted molar refractivity (Wildman–Crippen MR) is 116 cm³/mol. The number of ether oxygens (including phenoxy) is 1. The number of methoxy groups -OCH3 is 1. The van der Waals surface area contributed by atoms with Gasteiger partial charge < -0.3 is 15.0 Å². The molecule has 0 aliphatic heterocycles. The molecule has 1 aliphatic rings. The van der Waals surface area contributed by atoms with Gasteiger partial charge in [-0.05, 0) is 60.2 Å². The molecule has 2 N–H and O–H groups in total. The van der Waals surface area contributed by atoms with Gasteiger partial charge in [0.15, 0.2) is 0 Å². The van der Waals surface area contributed by atoms with Crippen molar-refractivity contribution in [1.29, 1.82) is 0 Å². The number of nitrogens with one attached hydrogen (secondary N) is 2. The fraction of sp³-hybridized carbons (Fsp3) is 0.261. The number of aromatic amines is 1. The molecule has 1 aliphatic carbocycles. The molecule has 28 heavy (non-hydrogen) atoms. The van der Waals surface area contributed by atoms with Gasteiger partial charge in [-0.2, -0.15) is 0 Å². The molecule has 0 saturated carbocycles. The van der Waals surface area contributed by atoms with E-state index in [1.165, 1.54) is 40.8 Å². The Morgan fingerprint density at radius 3 is 3.00 bits per heavy atom. The minimum Gasteiger partial charge on any atom is -0.466 e. The van der Waals surface area contributed by atoms with Gasteiger partial charge in [0.1, 0.15) is 0 Å². The Morgan fingerprint density at radius 1 is 1.29 bits per heavy atom. The van der Waals surface area contributed by atoms with Crippen molar-refractivity contribution in [2.24, 2.45) is 0 Å². The molecule has 0 radical (unpaired) electrons. The smallest absolute Gasteiger partial charge is 0.330 e. The van der Waals surface area contributed by atoms with Crippen LogP contribution < -0.4 is 5.32 Å². The molecular weight excluding hydrogens is 372 g/mol. The van der Waals surface area contributed by atoms with Crippen molar-refractivity contribution in [2.75, 3.05) is 13.7 Å². The number of aromatic nitrogens is 1. The number of aryl methyl sites for hydroxylation is 1. The van der Waals surface area contributed by atoms with Gasteiger partial charge in [-0.1, -0.05) is 36.4 Å². The number of hydrogen-bond acceptors (Lipinski definition) is 3. The lowest BCUT2D eigenvalue weighted by molar-refractivity contribution is -0.134. The number of hydrogen-bond donors (Lipinski definition) is 2. The number of fused-ring (bicyclic) bond motifs is 2. The topological polar surface area (TPSA) is 54.1 Å². The lowest BCUT2D eigenvalue weighted by Crippen LogP contribution is -2.21. The van der Waals surface area contributed by atoms with Crippen LogP contribution in [0.5, 0.6) is 0 Å². The summed E-state index contributed by atoms with van der Waals surface area (Å²) in [5, 5.41) is 5.03. The number of rotatable bonds is 6. The highest BCUT2D eigenvalue weighted by Gasteiger charge is 2.21. The largest absolute Gasteiger partial charge is 0.466 e. The fourth-order valence-corrected chi connectivity index (χ4v) is 3.90. The first-order valence-electron chi connectivity index (χ1n) is 9.42. The van der Waals surface area contributed by atoms with E-state index in [0.29, 0.717) is 6.04 Å². The van der Waals surface area contributed by atoms with Gasteiger partial charge in [0.25, 0.3) is 0 Å². The summed E-state index contributed by atoms with van der Waals surface area (Å²) in [4.78, 5) is 14.6. The fourth-order valence-electron chi connectivity index (χ4n) is 3.90. The maximum absolute atomic E-state index is 11.2. The summed E-state index contributed by atoms with van der Waals surface area (Å²) in [7, 11) is 1.39. The molecule has 1 heterocycles. The standard InChI is InChI=1S/C23H24N2O2.ClH/c1-27-23(26)11-7-16-6-9-20-17(14-16)8-10-22(20)24-13-12-18-15-25-21-5-3-2-4-19(18)21;/h2-7,9,11,14-15,22,24-25H,8,10,12-13H2,1H3;1H/b11-7+;. The Kier molecular flexibility index (Phi) is 6.55. The summed E-state index contributed by atoms with van der Waals surface area (Å²) in [6.07, 6.45) is 8.59. The Bertz CT molecular complexity index is 993. The second kappa shape index (κ2) is 9.09. The van der Waals surface area contributed by atoms with E-state index in [2.05, 4.69) is 63.7 Å². The number of esters is 1. The van der Waals surface area contributed by atoms with Crippen molar-refractivity contribution in [3.63, 3.8) is 0 Å². The highest BCUT2D eigenvalue weighted by molar-refractivity contribution is 5.87. The number of H-pyrrole nitrogens is 1. The van der Waals surface area contributed by atoms with Gasteiger partial charge in [0.2, 0.25) is 0 Å². The molecule has 0 spiro atoms. The number of benzene rings is 2. The van der Waals surface area contributed by atoms with Crippen molar-refractivity contribution in [2.45, 2.75) is 25.3 Å². The number of carbonyl (C=O) groups is 1. The predicted octanol–water partition coefficient (Wildman–Crippen LogP) is 4.60. The third-order valence-corrected chi connectivity index (χ3v) is 5.32. The second-order valence-corrected chi connectivity index (χ2v) is 6.97.